The predicted molar refractivity (Wildman–Crippen MR) is 114 cm³/mol. The third-order valence-electron chi connectivity index (χ3n) is 4.24. The fourth-order valence-electron chi connectivity index (χ4n) is 2.77. The normalized spacial score (nSPS) is 16.0. The summed E-state index contributed by atoms with van der Waals surface area (Å²) in [5, 5.41) is 8.78. The molecule has 0 aromatic heterocycles. The van der Waals surface area contributed by atoms with Gasteiger partial charge in [0, 0.05) is 33.7 Å². The molecule has 6 nitrogen and oxygen atoms in total. The minimum absolute atomic E-state index is 0.117. The van der Waals surface area contributed by atoms with Crippen LogP contribution >= 0.6 is 22.6 Å². The maximum atomic E-state index is 12.2. The molecule has 2 amide bonds. The molecule has 0 spiro atoms. The molecular weight excluding hydrogens is 457 g/mol. The van der Waals surface area contributed by atoms with Crippen molar-refractivity contribution in [2.75, 3.05) is 30.3 Å². The second kappa shape index (κ2) is 9.70. The first-order valence-corrected chi connectivity index (χ1v) is 9.97. The molecule has 1 aliphatic heterocycles. The fourth-order valence-corrected chi connectivity index (χ4v) is 3.13. The van der Waals surface area contributed by atoms with E-state index < -0.39 is 0 Å². The Kier molecular flexibility index (Phi) is 7.05. The van der Waals surface area contributed by atoms with Crippen LogP contribution in [0.15, 0.2) is 48.5 Å². The van der Waals surface area contributed by atoms with Crippen LogP contribution in [-0.4, -0.2) is 37.6 Å². The number of hydrogen-bond acceptors (Lipinski definition) is 4. The van der Waals surface area contributed by atoms with E-state index in [1.807, 2.05) is 24.3 Å². The Hall–Kier alpha value is -2.13. The second-order valence-electron chi connectivity index (χ2n) is 6.33. The molecule has 0 bridgehead atoms. The minimum atomic E-state index is -0.130. The summed E-state index contributed by atoms with van der Waals surface area (Å²) in [4.78, 5) is 24.2. The smallest absolute Gasteiger partial charge is 0.251 e. The van der Waals surface area contributed by atoms with Crippen LogP contribution in [0.2, 0.25) is 0 Å². The van der Waals surface area contributed by atoms with Gasteiger partial charge < -0.3 is 20.7 Å². The Morgan fingerprint density at radius 3 is 2.41 bits per heavy atom. The maximum absolute atomic E-state index is 12.2. The van der Waals surface area contributed by atoms with Crippen molar-refractivity contribution in [1.29, 1.82) is 0 Å². The van der Waals surface area contributed by atoms with Crippen LogP contribution in [0.3, 0.4) is 0 Å². The Balaban J connectivity index is 1.43. The van der Waals surface area contributed by atoms with Crippen molar-refractivity contribution in [2.45, 2.75) is 18.9 Å². The first-order chi connectivity index (χ1) is 13.1. The second-order valence-corrected chi connectivity index (χ2v) is 7.58. The van der Waals surface area contributed by atoms with E-state index in [1.54, 1.807) is 24.3 Å². The molecule has 1 unspecified atom stereocenters. The molecule has 142 valence electrons. The van der Waals surface area contributed by atoms with E-state index in [0.717, 1.165) is 34.4 Å². The Labute approximate surface area is 172 Å². The van der Waals surface area contributed by atoms with Gasteiger partial charge in [-0.15, -0.1) is 0 Å². The molecule has 0 radical (unpaired) electrons. The maximum Gasteiger partial charge on any atom is 0.251 e. The standard InChI is InChI=1S/C20H22IN3O3/c21-15-5-9-17(10-6-15)24-19(25)13-22-16-7-3-14(4-8-16)20(26)23-12-18-2-1-11-27-18/h3-10,18,22H,1-2,11-13H2,(H,23,26)(H,24,25). The van der Waals surface area contributed by atoms with Gasteiger partial charge in [-0.05, 0) is 84.0 Å². The van der Waals surface area contributed by atoms with Gasteiger partial charge in [-0.3, -0.25) is 9.59 Å². The highest BCUT2D eigenvalue weighted by Crippen LogP contribution is 2.13. The number of nitrogens with one attached hydrogen (secondary N) is 3. The quantitative estimate of drug-likeness (QED) is 0.533. The lowest BCUT2D eigenvalue weighted by Gasteiger charge is -2.11. The molecule has 1 fully saturated rings. The molecule has 2 aromatic carbocycles. The van der Waals surface area contributed by atoms with Gasteiger partial charge >= 0.3 is 0 Å². The number of hydrogen-bond donors (Lipinski definition) is 3. The Morgan fingerprint density at radius 1 is 1.04 bits per heavy atom. The van der Waals surface area contributed by atoms with Crippen LogP contribution in [0.1, 0.15) is 23.2 Å². The number of carbonyl (C=O) groups is 2. The molecule has 1 saturated heterocycles. The van der Waals surface area contributed by atoms with Gasteiger partial charge in [0.25, 0.3) is 5.91 Å². The third-order valence-corrected chi connectivity index (χ3v) is 4.96. The molecule has 1 aliphatic rings. The topological polar surface area (TPSA) is 79.5 Å². The lowest BCUT2D eigenvalue weighted by Crippen LogP contribution is -2.31. The summed E-state index contributed by atoms with van der Waals surface area (Å²) in [5.41, 5.74) is 2.13. The lowest BCUT2D eigenvalue weighted by atomic mass is 10.2. The van der Waals surface area contributed by atoms with Gasteiger partial charge in [-0.25, -0.2) is 0 Å². The fraction of sp³-hybridized carbons (Fsp3) is 0.300. The van der Waals surface area contributed by atoms with Crippen LogP contribution in [0.25, 0.3) is 0 Å². The van der Waals surface area contributed by atoms with Gasteiger partial charge in [0.05, 0.1) is 12.6 Å². The van der Waals surface area contributed by atoms with Gasteiger partial charge in [0.2, 0.25) is 5.91 Å². The zero-order valence-corrected chi connectivity index (χ0v) is 17.0. The van der Waals surface area contributed by atoms with E-state index in [1.165, 1.54) is 0 Å². The minimum Gasteiger partial charge on any atom is -0.376 e. The summed E-state index contributed by atoms with van der Waals surface area (Å²) in [6.45, 7) is 1.46. The Bertz CT molecular complexity index is 772. The number of ether oxygens (including phenoxy) is 1. The highest BCUT2D eigenvalue weighted by molar-refractivity contribution is 14.1. The van der Waals surface area contributed by atoms with Crippen molar-refractivity contribution in [3.05, 3.63) is 57.7 Å². The van der Waals surface area contributed by atoms with Crippen molar-refractivity contribution in [3.8, 4) is 0 Å². The van der Waals surface area contributed by atoms with Crippen LogP contribution in [0.5, 0.6) is 0 Å². The van der Waals surface area contributed by atoms with Crippen molar-refractivity contribution >= 4 is 45.8 Å². The number of benzene rings is 2. The molecule has 27 heavy (non-hydrogen) atoms. The third kappa shape index (κ3) is 6.21. The van der Waals surface area contributed by atoms with E-state index in [0.29, 0.717) is 12.1 Å². The molecule has 3 N–H and O–H groups in total. The highest BCUT2D eigenvalue weighted by Gasteiger charge is 2.16. The van der Waals surface area contributed by atoms with E-state index in [4.69, 9.17) is 4.74 Å². The van der Waals surface area contributed by atoms with E-state index in [2.05, 4.69) is 38.5 Å². The number of amides is 2. The summed E-state index contributed by atoms with van der Waals surface area (Å²) >= 11 is 2.22. The van der Waals surface area contributed by atoms with Crippen molar-refractivity contribution < 1.29 is 14.3 Å². The number of carbonyl (C=O) groups excluding carboxylic acids is 2. The van der Waals surface area contributed by atoms with E-state index in [9.17, 15) is 9.59 Å². The van der Waals surface area contributed by atoms with Crippen LogP contribution < -0.4 is 16.0 Å². The summed E-state index contributed by atoms with van der Waals surface area (Å²) in [6, 6.07) is 14.7. The predicted octanol–water partition coefficient (Wildman–Crippen LogP) is 3.25. The highest BCUT2D eigenvalue weighted by atomic mass is 127. The van der Waals surface area contributed by atoms with Gasteiger partial charge in [-0.1, -0.05) is 0 Å². The van der Waals surface area contributed by atoms with E-state index in [-0.39, 0.29) is 24.5 Å². The molecule has 0 aliphatic carbocycles. The van der Waals surface area contributed by atoms with E-state index >= 15 is 0 Å². The first-order valence-electron chi connectivity index (χ1n) is 8.89. The largest absolute Gasteiger partial charge is 0.376 e. The SMILES string of the molecule is O=C(CNc1ccc(C(=O)NCC2CCCO2)cc1)Nc1ccc(I)cc1. The van der Waals surface area contributed by atoms with Crippen molar-refractivity contribution in [3.63, 3.8) is 0 Å². The summed E-state index contributed by atoms with van der Waals surface area (Å²) in [5.74, 6) is -0.247. The Morgan fingerprint density at radius 2 is 1.74 bits per heavy atom. The average molecular weight is 479 g/mol. The van der Waals surface area contributed by atoms with Crippen LogP contribution in [-0.2, 0) is 9.53 Å². The number of halogens is 1. The van der Waals surface area contributed by atoms with Crippen molar-refractivity contribution in [2.24, 2.45) is 0 Å². The molecule has 1 heterocycles. The van der Waals surface area contributed by atoms with Gasteiger partial charge in [0.1, 0.15) is 0 Å². The van der Waals surface area contributed by atoms with Crippen LogP contribution in [0.4, 0.5) is 11.4 Å². The monoisotopic (exact) mass is 479 g/mol. The molecule has 7 heteroatoms. The van der Waals surface area contributed by atoms with Crippen LogP contribution in [0, 0.1) is 3.57 Å². The van der Waals surface area contributed by atoms with Gasteiger partial charge in [-0.2, -0.15) is 0 Å². The molecule has 2 aromatic rings. The zero-order valence-electron chi connectivity index (χ0n) is 14.8. The number of rotatable bonds is 7. The summed E-state index contributed by atoms with van der Waals surface area (Å²) < 4.78 is 6.61. The average Bonchev–Trinajstić information content (AvgIpc) is 3.20. The molecule has 1 atom stereocenters. The summed E-state index contributed by atoms with van der Waals surface area (Å²) in [7, 11) is 0. The zero-order chi connectivity index (χ0) is 19.1. The van der Waals surface area contributed by atoms with Gasteiger partial charge in [0.15, 0.2) is 0 Å². The summed E-state index contributed by atoms with van der Waals surface area (Å²) in [6.07, 6.45) is 2.17. The molecule has 0 saturated carbocycles. The van der Waals surface area contributed by atoms with Crippen molar-refractivity contribution in [1.82, 2.24) is 5.32 Å². The first kappa shape index (κ1) is 19.6. The molecular formula is C20H22IN3O3. The number of anilines is 2. The molecule has 3 rings (SSSR count). The lowest BCUT2D eigenvalue weighted by molar-refractivity contribution is -0.114.